The monoisotopic (exact) mass is 256 g/mol. The van der Waals surface area contributed by atoms with Gasteiger partial charge in [0, 0.05) is 20.3 Å². The molecule has 0 aromatic heterocycles. The van der Waals surface area contributed by atoms with Crippen LogP contribution >= 0.6 is 0 Å². The smallest absolute Gasteiger partial charge is 0.0849 e. The molecule has 2 rings (SSSR count). The fourth-order valence-corrected chi connectivity index (χ4v) is 3.91. The van der Waals surface area contributed by atoms with Gasteiger partial charge in [-0.05, 0) is 37.5 Å². The number of methoxy groups -OCH3 is 1. The van der Waals surface area contributed by atoms with Crippen LogP contribution in [0.25, 0.3) is 0 Å². The third-order valence-corrected chi connectivity index (χ3v) is 4.88. The summed E-state index contributed by atoms with van der Waals surface area (Å²) in [6.45, 7) is 4.04. The average molecular weight is 256 g/mol. The summed E-state index contributed by atoms with van der Waals surface area (Å²) in [5.74, 6) is 7.18. The van der Waals surface area contributed by atoms with Crippen molar-refractivity contribution in [2.45, 2.75) is 57.1 Å². The molecular weight excluding hydrogens is 228 g/mol. The highest BCUT2D eigenvalue weighted by Crippen LogP contribution is 2.40. The minimum Gasteiger partial charge on any atom is -0.381 e. The zero-order valence-corrected chi connectivity index (χ0v) is 11.8. The van der Waals surface area contributed by atoms with E-state index < -0.39 is 0 Å². The summed E-state index contributed by atoms with van der Waals surface area (Å²) in [5, 5.41) is 0. The van der Waals surface area contributed by atoms with Crippen molar-refractivity contribution in [2.24, 2.45) is 17.7 Å². The lowest BCUT2D eigenvalue weighted by Crippen LogP contribution is -2.60. The number of hydrazine groups is 1. The number of hydrogen-bond donors (Lipinski definition) is 2. The van der Waals surface area contributed by atoms with Crippen molar-refractivity contribution in [3.63, 3.8) is 0 Å². The van der Waals surface area contributed by atoms with Gasteiger partial charge in [0.2, 0.25) is 0 Å². The third kappa shape index (κ3) is 2.87. The fourth-order valence-electron chi connectivity index (χ4n) is 3.91. The molecular formula is C14H28N2O2. The lowest BCUT2D eigenvalue weighted by atomic mass is 9.70. The van der Waals surface area contributed by atoms with Gasteiger partial charge in [-0.15, -0.1) is 0 Å². The first-order chi connectivity index (χ1) is 8.72. The van der Waals surface area contributed by atoms with Crippen LogP contribution in [0.15, 0.2) is 0 Å². The molecule has 3 unspecified atom stereocenters. The van der Waals surface area contributed by atoms with Gasteiger partial charge in [-0.3, -0.25) is 11.3 Å². The number of nitrogens with one attached hydrogen (secondary N) is 1. The van der Waals surface area contributed by atoms with Crippen molar-refractivity contribution in [1.82, 2.24) is 5.43 Å². The van der Waals surface area contributed by atoms with Gasteiger partial charge in [0.15, 0.2) is 0 Å². The molecule has 3 atom stereocenters. The molecule has 1 saturated carbocycles. The molecule has 2 aliphatic rings. The molecule has 0 aromatic rings. The Hall–Kier alpha value is -0.160. The van der Waals surface area contributed by atoms with Gasteiger partial charge in [0.05, 0.1) is 11.6 Å². The zero-order chi connectivity index (χ0) is 13.0. The van der Waals surface area contributed by atoms with Gasteiger partial charge < -0.3 is 9.47 Å². The van der Waals surface area contributed by atoms with Gasteiger partial charge in [-0.1, -0.05) is 19.8 Å². The van der Waals surface area contributed by atoms with E-state index in [0.717, 1.165) is 44.8 Å². The maximum Gasteiger partial charge on any atom is 0.0849 e. The Morgan fingerprint density at radius 2 is 2.06 bits per heavy atom. The van der Waals surface area contributed by atoms with Crippen LogP contribution in [0.2, 0.25) is 0 Å². The summed E-state index contributed by atoms with van der Waals surface area (Å²) in [5.41, 5.74) is 3.00. The first kappa shape index (κ1) is 14.3. The van der Waals surface area contributed by atoms with Crippen LogP contribution in [-0.2, 0) is 9.47 Å². The van der Waals surface area contributed by atoms with Crippen molar-refractivity contribution in [3.05, 3.63) is 0 Å². The molecule has 106 valence electrons. The van der Waals surface area contributed by atoms with Crippen LogP contribution in [0, 0.1) is 11.8 Å². The molecule has 1 heterocycles. The Morgan fingerprint density at radius 3 is 2.61 bits per heavy atom. The van der Waals surface area contributed by atoms with Crippen LogP contribution in [0.4, 0.5) is 0 Å². The molecule has 0 bridgehead atoms. The highest BCUT2D eigenvalue weighted by atomic mass is 16.5. The molecule has 4 heteroatoms. The van der Waals surface area contributed by atoms with E-state index in [1.165, 1.54) is 12.8 Å². The highest BCUT2D eigenvalue weighted by molar-refractivity contribution is 4.99. The average Bonchev–Trinajstić information content (AvgIpc) is 2.41. The Bertz CT molecular complexity index is 256. The normalized spacial score (nSPS) is 36.5. The van der Waals surface area contributed by atoms with Gasteiger partial charge in [-0.25, -0.2) is 0 Å². The molecule has 0 radical (unpaired) electrons. The number of ether oxygens (including phenoxy) is 2. The molecule has 0 amide bonds. The molecule has 4 nitrogen and oxygen atoms in total. The summed E-state index contributed by atoms with van der Waals surface area (Å²) >= 11 is 0. The lowest BCUT2D eigenvalue weighted by Gasteiger charge is -2.47. The SMILES string of the molecule is COC1(C(NN)C2CCOCC2)CCCC(C)C1. The van der Waals surface area contributed by atoms with Crippen LogP contribution in [0.5, 0.6) is 0 Å². The zero-order valence-electron chi connectivity index (χ0n) is 11.8. The van der Waals surface area contributed by atoms with E-state index in [4.69, 9.17) is 15.3 Å². The number of nitrogens with two attached hydrogens (primary N) is 1. The van der Waals surface area contributed by atoms with E-state index in [0.29, 0.717) is 5.92 Å². The van der Waals surface area contributed by atoms with Gasteiger partial charge in [-0.2, -0.15) is 0 Å². The van der Waals surface area contributed by atoms with E-state index in [2.05, 4.69) is 12.3 Å². The largest absolute Gasteiger partial charge is 0.381 e. The molecule has 1 aliphatic carbocycles. The quantitative estimate of drug-likeness (QED) is 0.595. The molecule has 3 N–H and O–H groups in total. The van der Waals surface area contributed by atoms with E-state index in [9.17, 15) is 0 Å². The molecule has 2 fully saturated rings. The molecule has 0 spiro atoms. The van der Waals surface area contributed by atoms with Gasteiger partial charge in [0.1, 0.15) is 0 Å². The maximum absolute atomic E-state index is 5.97. The summed E-state index contributed by atoms with van der Waals surface area (Å²) in [6.07, 6.45) is 6.99. The van der Waals surface area contributed by atoms with Gasteiger partial charge in [0.25, 0.3) is 0 Å². The molecule has 1 aliphatic heterocycles. The maximum atomic E-state index is 5.97. The van der Waals surface area contributed by atoms with Crippen LogP contribution < -0.4 is 11.3 Å². The fraction of sp³-hybridized carbons (Fsp3) is 1.00. The van der Waals surface area contributed by atoms with Crippen LogP contribution in [0.1, 0.15) is 45.4 Å². The van der Waals surface area contributed by atoms with E-state index in [-0.39, 0.29) is 11.6 Å². The Labute approximate surface area is 111 Å². The van der Waals surface area contributed by atoms with E-state index >= 15 is 0 Å². The van der Waals surface area contributed by atoms with Crippen molar-refractivity contribution >= 4 is 0 Å². The molecule has 18 heavy (non-hydrogen) atoms. The van der Waals surface area contributed by atoms with Crippen LogP contribution in [0.3, 0.4) is 0 Å². The second-order valence-electron chi connectivity index (χ2n) is 6.06. The summed E-state index contributed by atoms with van der Waals surface area (Å²) in [7, 11) is 1.85. The number of rotatable bonds is 4. The minimum absolute atomic E-state index is 0.0750. The lowest BCUT2D eigenvalue weighted by molar-refractivity contribution is -0.103. The van der Waals surface area contributed by atoms with E-state index in [1.54, 1.807) is 0 Å². The first-order valence-corrected chi connectivity index (χ1v) is 7.31. The first-order valence-electron chi connectivity index (χ1n) is 7.31. The third-order valence-electron chi connectivity index (χ3n) is 4.88. The second kappa shape index (κ2) is 6.33. The van der Waals surface area contributed by atoms with Crippen molar-refractivity contribution in [2.75, 3.05) is 20.3 Å². The van der Waals surface area contributed by atoms with Crippen molar-refractivity contribution < 1.29 is 9.47 Å². The van der Waals surface area contributed by atoms with Crippen LogP contribution in [-0.4, -0.2) is 32.0 Å². The standard InChI is InChI=1S/C14H28N2O2/c1-11-4-3-7-14(10-11,17-2)13(16-15)12-5-8-18-9-6-12/h11-13,16H,3-10,15H2,1-2H3. The molecule has 1 saturated heterocycles. The van der Waals surface area contributed by atoms with E-state index in [1.807, 2.05) is 7.11 Å². The topological polar surface area (TPSA) is 56.5 Å². The predicted molar refractivity (Wildman–Crippen MR) is 72.0 cm³/mol. The minimum atomic E-state index is -0.0750. The summed E-state index contributed by atoms with van der Waals surface area (Å²) in [6, 6.07) is 0.258. The Kier molecular flexibility index (Phi) is 5.01. The van der Waals surface area contributed by atoms with Gasteiger partial charge >= 0.3 is 0 Å². The predicted octanol–water partition coefficient (Wildman–Crippen LogP) is 1.84. The Morgan fingerprint density at radius 1 is 1.33 bits per heavy atom. The summed E-state index contributed by atoms with van der Waals surface area (Å²) < 4.78 is 11.4. The van der Waals surface area contributed by atoms with Crippen molar-refractivity contribution in [3.8, 4) is 0 Å². The molecule has 0 aromatic carbocycles. The second-order valence-corrected chi connectivity index (χ2v) is 6.06. The highest BCUT2D eigenvalue weighted by Gasteiger charge is 2.45. The number of hydrogen-bond acceptors (Lipinski definition) is 4. The Balaban J connectivity index is 2.11. The summed E-state index contributed by atoms with van der Waals surface area (Å²) in [4.78, 5) is 0. The van der Waals surface area contributed by atoms with Crippen molar-refractivity contribution in [1.29, 1.82) is 0 Å².